The van der Waals surface area contributed by atoms with E-state index >= 15 is 0 Å². The molecule has 82 valence electrons. The predicted molar refractivity (Wildman–Crippen MR) is 76.2 cm³/mol. The lowest BCUT2D eigenvalue weighted by Crippen LogP contribution is -1.88. The second-order valence-electron chi connectivity index (χ2n) is 3.84. The topological polar surface area (TPSA) is 0 Å². The molecule has 0 aliphatic rings. The molecule has 0 N–H and O–H groups in total. The largest absolute Gasteiger partial charge is 0.106 e. The van der Waals surface area contributed by atoms with Crippen molar-refractivity contribution in [3.05, 3.63) is 53.6 Å². The zero-order valence-electron chi connectivity index (χ0n) is 9.40. The maximum atomic E-state index is 4.33. The van der Waals surface area contributed by atoms with E-state index in [-0.39, 0.29) is 0 Å². The molecule has 0 aromatic heterocycles. The third-order valence-electron chi connectivity index (χ3n) is 2.78. The average molecular weight is 246 g/mol. The lowest BCUT2D eigenvalue weighted by Gasteiger charge is -2.12. The Bertz CT molecular complexity index is 490. The van der Waals surface area contributed by atoms with Crippen molar-refractivity contribution in [1.29, 1.82) is 0 Å². The van der Waals surface area contributed by atoms with Gasteiger partial charge >= 0.3 is 0 Å². The quantitative estimate of drug-likeness (QED) is 0.580. The van der Waals surface area contributed by atoms with Crippen molar-refractivity contribution in [3.8, 4) is 11.1 Å². The maximum absolute atomic E-state index is 4.33. The molecule has 0 saturated heterocycles. The van der Waals surface area contributed by atoms with E-state index in [0.29, 0.717) is 0 Å². The summed E-state index contributed by atoms with van der Waals surface area (Å²) in [7, 11) is 1.53. The Kier molecular flexibility index (Phi) is 3.62. The summed E-state index contributed by atoms with van der Waals surface area (Å²) in [4.78, 5) is 1.27. The highest BCUT2D eigenvalue weighted by Gasteiger charge is 2.08. The summed E-state index contributed by atoms with van der Waals surface area (Å²) in [5.41, 5.74) is 5.16. The molecule has 2 aromatic rings. The molecule has 0 amide bonds. The second kappa shape index (κ2) is 4.98. The summed E-state index contributed by atoms with van der Waals surface area (Å²) >= 11 is 4.33. The molecule has 0 radical (unpaired) electrons. The van der Waals surface area contributed by atoms with Crippen molar-refractivity contribution >= 4 is 22.5 Å². The van der Waals surface area contributed by atoms with Crippen LogP contribution in [0.4, 0.5) is 0 Å². The highest BCUT2D eigenvalue weighted by molar-refractivity contribution is 8.68. The minimum absolute atomic E-state index is 1.27. The van der Waals surface area contributed by atoms with Gasteiger partial charge in [-0.3, -0.25) is 0 Å². The first-order valence-electron chi connectivity index (χ1n) is 5.21. The van der Waals surface area contributed by atoms with Crippen LogP contribution >= 0.6 is 22.5 Å². The van der Waals surface area contributed by atoms with E-state index in [4.69, 9.17) is 0 Å². The summed E-state index contributed by atoms with van der Waals surface area (Å²) in [6.45, 7) is 4.29. The number of thiol groups is 1. The van der Waals surface area contributed by atoms with Crippen LogP contribution < -0.4 is 0 Å². The molecule has 0 bridgehead atoms. The Balaban J connectivity index is 2.59. The SMILES string of the molecule is Cc1ccc(-c2ccccc2)c(C)c1SS. The minimum atomic E-state index is 1.27. The zero-order valence-corrected chi connectivity index (χ0v) is 11.1. The van der Waals surface area contributed by atoms with Gasteiger partial charge in [-0.2, -0.15) is 0 Å². The first kappa shape index (κ1) is 11.6. The van der Waals surface area contributed by atoms with E-state index in [9.17, 15) is 0 Å². The van der Waals surface area contributed by atoms with Crippen LogP contribution in [0, 0.1) is 13.8 Å². The van der Waals surface area contributed by atoms with Crippen LogP contribution in [0.1, 0.15) is 11.1 Å². The van der Waals surface area contributed by atoms with Crippen molar-refractivity contribution in [2.45, 2.75) is 18.7 Å². The fraction of sp³-hybridized carbons (Fsp3) is 0.143. The molecule has 0 heterocycles. The number of hydrogen-bond acceptors (Lipinski definition) is 2. The van der Waals surface area contributed by atoms with E-state index in [0.717, 1.165) is 0 Å². The molecule has 0 spiro atoms. The molecular formula is C14H14S2. The summed E-state index contributed by atoms with van der Waals surface area (Å²) in [6, 6.07) is 14.8. The van der Waals surface area contributed by atoms with Crippen molar-refractivity contribution in [2.75, 3.05) is 0 Å². The highest BCUT2D eigenvalue weighted by Crippen LogP contribution is 2.35. The van der Waals surface area contributed by atoms with Crippen molar-refractivity contribution in [2.24, 2.45) is 0 Å². The minimum Gasteiger partial charge on any atom is -0.106 e. The monoisotopic (exact) mass is 246 g/mol. The van der Waals surface area contributed by atoms with Crippen LogP contribution in [0.3, 0.4) is 0 Å². The summed E-state index contributed by atoms with van der Waals surface area (Å²) < 4.78 is 0. The van der Waals surface area contributed by atoms with E-state index < -0.39 is 0 Å². The Morgan fingerprint density at radius 1 is 0.938 bits per heavy atom. The van der Waals surface area contributed by atoms with E-state index in [1.54, 1.807) is 0 Å². The van der Waals surface area contributed by atoms with Crippen LogP contribution in [0.5, 0.6) is 0 Å². The van der Waals surface area contributed by atoms with Gasteiger partial charge in [0.25, 0.3) is 0 Å². The average Bonchev–Trinajstić information content (AvgIpc) is 2.31. The van der Waals surface area contributed by atoms with Crippen molar-refractivity contribution in [3.63, 3.8) is 0 Å². The van der Waals surface area contributed by atoms with Crippen LogP contribution in [0.15, 0.2) is 47.4 Å². The molecule has 0 unspecified atom stereocenters. The Hall–Kier alpha value is -0.860. The van der Waals surface area contributed by atoms with Gasteiger partial charge < -0.3 is 0 Å². The van der Waals surface area contributed by atoms with Crippen LogP contribution in [0.25, 0.3) is 11.1 Å². The van der Waals surface area contributed by atoms with Gasteiger partial charge in [-0.15, -0.1) is 11.7 Å². The maximum Gasteiger partial charge on any atom is 0.0244 e. The van der Waals surface area contributed by atoms with Crippen LogP contribution in [-0.2, 0) is 0 Å². The first-order valence-corrected chi connectivity index (χ1v) is 7.08. The number of hydrogen-bond donors (Lipinski definition) is 1. The fourth-order valence-corrected chi connectivity index (χ4v) is 3.20. The molecule has 0 aliphatic heterocycles. The van der Waals surface area contributed by atoms with Gasteiger partial charge in [-0.1, -0.05) is 53.3 Å². The van der Waals surface area contributed by atoms with Gasteiger partial charge in [0.1, 0.15) is 0 Å². The predicted octanol–water partition coefficient (Wildman–Crippen LogP) is 4.91. The van der Waals surface area contributed by atoms with Crippen LogP contribution in [0.2, 0.25) is 0 Å². The summed E-state index contributed by atoms with van der Waals surface area (Å²) in [5, 5.41) is 0. The smallest absolute Gasteiger partial charge is 0.0244 e. The van der Waals surface area contributed by atoms with Crippen molar-refractivity contribution in [1.82, 2.24) is 0 Å². The van der Waals surface area contributed by atoms with Gasteiger partial charge in [0, 0.05) is 4.90 Å². The molecule has 0 fully saturated rings. The van der Waals surface area contributed by atoms with Gasteiger partial charge in [-0.25, -0.2) is 0 Å². The number of benzene rings is 2. The first-order chi connectivity index (χ1) is 7.74. The van der Waals surface area contributed by atoms with Gasteiger partial charge in [-0.05, 0) is 36.1 Å². The lowest BCUT2D eigenvalue weighted by atomic mass is 9.99. The van der Waals surface area contributed by atoms with Gasteiger partial charge in [0.05, 0.1) is 0 Å². The Labute approximate surface area is 106 Å². The molecule has 16 heavy (non-hydrogen) atoms. The molecule has 0 aliphatic carbocycles. The molecule has 2 heteroatoms. The second-order valence-corrected chi connectivity index (χ2v) is 4.98. The zero-order chi connectivity index (χ0) is 11.5. The normalized spacial score (nSPS) is 10.4. The molecule has 0 nitrogen and oxygen atoms in total. The lowest BCUT2D eigenvalue weighted by molar-refractivity contribution is 1.23. The Morgan fingerprint density at radius 2 is 1.62 bits per heavy atom. The third kappa shape index (κ3) is 2.13. The standard InChI is InChI=1S/C14H14S2/c1-10-8-9-13(11(2)14(10)16-15)12-6-4-3-5-7-12/h3-9,15H,1-2H3. The summed E-state index contributed by atoms with van der Waals surface area (Å²) in [5.74, 6) is 0. The number of rotatable bonds is 2. The Morgan fingerprint density at radius 3 is 2.25 bits per heavy atom. The van der Waals surface area contributed by atoms with Crippen LogP contribution in [-0.4, -0.2) is 0 Å². The molecule has 2 aromatic carbocycles. The van der Waals surface area contributed by atoms with E-state index in [1.165, 1.54) is 37.9 Å². The summed E-state index contributed by atoms with van der Waals surface area (Å²) in [6.07, 6.45) is 0. The highest BCUT2D eigenvalue weighted by atomic mass is 33.1. The van der Waals surface area contributed by atoms with Gasteiger partial charge in [0.2, 0.25) is 0 Å². The molecule has 0 saturated carbocycles. The molecule has 2 rings (SSSR count). The molecular weight excluding hydrogens is 232 g/mol. The van der Waals surface area contributed by atoms with Gasteiger partial charge in [0.15, 0.2) is 0 Å². The van der Waals surface area contributed by atoms with E-state index in [2.05, 4.69) is 61.9 Å². The number of aryl methyl sites for hydroxylation is 1. The third-order valence-corrected chi connectivity index (χ3v) is 4.14. The van der Waals surface area contributed by atoms with E-state index in [1.807, 2.05) is 6.07 Å². The van der Waals surface area contributed by atoms with Crippen molar-refractivity contribution < 1.29 is 0 Å². The molecule has 0 atom stereocenters. The fourth-order valence-electron chi connectivity index (χ4n) is 1.90.